The first-order valence-electron chi connectivity index (χ1n) is 9.19. The van der Waals surface area contributed by atoms with Gasteiger partial charge in [-0.15, -0.1) is 0 Å². The molecule has 5 heteroatoms. The Bertz CT molecular complexity index is 697. The van der Waals surface area contributed by atoms with Crippen molar-refractivity contribution < 1.29 is 9.53 Å². The molecule has 1 amide bonds. The molecule has 0 spiro atoms. The molecule has 0 saturated carbocycles. The number of nitrogens with zero attached hydrogens (tertiary/aromatic N) is 2. The summed E-state index contributed by atoms with van der Waals surface area (Å²) < 4.78 is 5.88. The van der Waals surface area contributed by atoms with E-state index in [1.54, 1.807) is 0 Å². The highest BCUT2D eigenvalue weighted by Crippen LogP contribution is 2.16. The quantitative estimate of drug-likeness (QED) is 0.831. The van der Waals surface area contributed by atoms with E-state index in [1.807, 2.05) is 48.5 Å². The third-order valence-electron chi connectivity index (χ3n) is 4.65. The van der Waals surface area contributed by atoms with Gasteiger partial charge in [-0.3, -0.25) is 14.6 Å². The van der Waals surface area contributed by atoms with Gasteiger partial charge in [-0.25, -0.2) is 0 Å². The summed E-state index contributed by atoms with van der Waals surface area (Å²) in [6.45, 7) is 7.87. The minimum Gasteiger partial charge on any atom is -0.492 e. The lowest BCUT2D eigenvalue weighted by molar-refractivity contribution is -0.117. The van der Waals surface area contributed by atoms with Crippen LogP contribution in [0.3, 0.4) is 0 Å². The second-order valence-corrected chi connectivity index (χ2v) is 6.65. The molecule has 0 bridgehead atoms. The Balaban J connectivity index is 1.34. The third-order valence-corrected chi connectivity index (χ3v) is 4.65. The van der Waals surface area contributed by atoms with E-state index in [0.29, 0.717) is 13.2 Å². The van der Waals surface area contributed by atoms with E-state index in [9.17, 15) is 4.79 Å². The van der Waals surface area contributed by atoms with Gasteiger partial charge in [0.05, 0.1) is 6.54 Å². The summed E-state index contributed by atoms with van der Waals surface area (Å²) in [7, 11) is 0. The lowest BCUT2D eigenvalue weighted by Crippen LogP contribution is -2.49. The van der Waals surface area contributed by atoms with E-state index in [4.69, 9.17) is 4.74 Å². The van der Waals surface area contributed by atoms with E-state index in [1.165, 1.54) is 5.56 Å². The monoisotopic (exact) mass is 353 g/mol. The number of anilines is 1. The number of piperazine rings is 1. The second-order valence-electron chi connectivity index (χ2n) is 6.65. The summed E-state index contributed by atoms with van der Waals surface area (Å²) in [5, 5.41) is 2.94. The van der Waals surface area contributed by atoms with Gasteiger partial charge in [0.1, 0.15) is 12.4 Å². The van der Waals surface area contributed by atoms with Crippen LogP contribution >= 0.6 is 0 Å². The molecule has 26 heavy (non-hydrogen) atoms. The molecule has 138 valence electrons. The minimum absolute atomic E-state index is 0.0486. The zero-order valence-corrected chi connectivity index (χ0v) is 15.4. The molecule has 1 aliphatic heterocycles. The Morgan fingerprint density at radius 2 is 1.62 bits per heavy atom. The molecule has 1 aliphatic rings. The van der Waals surface area contributed by atoms with Gasteiger partial charge in [-0.2, -0.15) is 0 Å². The van der Waals surface area contributed by atoms with Crippen LogP contribution in [0, 0.1) is 6.92 Å². The van der Waals surface area contributed by atoms with E-state index in [0.717, 1.165) is 44.2 Å². The zero-order valence-electron chi connectivity index (χ0n) is 15.4. The van der Waals surface area contributed by atoms with Crippen LogP contribution in [0.1, 0.15) is 5.56 Å². The van der Waals surface area contributed by atoms with Gasteiger partial charge in [0.15, 0.2) is 0 Å². The normalized spacial score (nSPS) is 15.6. The fourth-order valence-corrected chi connectivity index (χ4v) is 3.10. The van der Waals surface area contributed by atoms with E-state index >= 15 is 0 Å². The number of para-hydroxylation sites is 2. The Morgan fingerprint density at radius 3 is 2.35 bits per heavy atom. The van der Waals surface area contributed by atoms with Crippen LogP contribution in [0.15, 0.2) is 54.6 Å². The fourth-order valence-electron chi connectivity index (χ4n) is 3.10. The molecule has 0 atom stereocenters. The van der Waals surface area contributed by atoms with Crippen LogP contribution in [-0.4, -0.2) is 61.6 Å². The van der Waals surface area contributed by atoms with Gasteiger partial charge < -0.3 is 10.1 Å². The Morgan fingerprint density at radius 1 is 0.962 bits per heavy atom. The highest BCUT2D eigenvalue weighted by atomic mass is 16.5. The lowest BCUT2D eigenvalue weighted by atomic mass is 10.2. The van der Waals surface area contributed by atoms with Crippen LogP contribution in [-0.2, 0) is 4.79 Å². The largest absolute Gasteiger partial charge is 0.492 e. The fraction of sp³-hybridized carbons (Fsp3) is 0.381. The van der Waals surface area contributed by atoms with Gasteiger partial charge in [-0.1, -0.05) is 36.4 Å². The van der Waals surface area contributed by atoms with Gasteiger partial charge in [0.2, 0.25) is 5.91 Å². The molecule has 0 aromatic heterocycles. The first-order chi connectivity index (χ1) is 12.7. The van der Waals surface area contributed by atoms with E-state index < -0.39 is 0 Å². The highest BCUT2D eigenvalue weighted by molar-refractivity contribution is 5.92. The van der Waals surface area contributed by atoms with Crippen molar-refractivity contribution in [1.82, 2.24) is 9.80 Å². The van der Waals surface area contributed by atoms with E-state index in [-0.39, 0.29) is 5.91 Å². The number of benzene rings is 2. The van der Waals surface area contributed by atoms with Gasteiger partial charge in [0.25, 0.3) is 0 Å². The maximum Gasteiger partial charge on any atom is 0.238 e. The van der Waals surface area contributed by atoms with Gasteiger partial charge in [-0.05, 0) is 30.7 Å². The number of hydrogen-bond acceptors (Lipinski definition) is 4. The highest BCUT2D eigenvalue weighted by Gasteiger charge is 2.18. The number of hydrogen-bond donors (Lipinski definition) is 1. The predicted octanol–water partition coefficient (Wildman–Crippen LogP) is 2.63. The molecule has 0 unspecified atom stereocenters. The van der Waals surface area contributed by atoms with Gasteiger partial charge in [0, 0.05) is 38.4 Å². The number of ether oxygens (including phenoxy) is 1. The SMILES string of the molecule is Cc1ccccc1OCCN1CCN(CC(=O)Nc2ccccc2)CC1. The minimum atomic E-state index is 0.0486. The van der Waals surface area contributed by atoms with Gasteiger partial charge >= 0.3 is 0 Å². The standard InChI is InChI=1S/C21H27N3O2/c1-18-7-5-6-10-20(18)26-16-15-23-11-13-24(14-12-23)17-21(25)22-19-8-3-2-4-9-19/h2-10H,11-17H2,1H3,(H,22,25). The summed E-state index contributed by atoms with van der Waals surface area (Å²) in [4.78, 5) is 16.7. The zero-order chi connectivity index (χ0) is 18.2. The molecule has 0 aliphatic carbocycles. The molecular formula is C21H27N3O2. The molecule has 2 aromatic carbocycles. The number of rotatable bonds is 7. The van der Waals surface area contributed by atoms with Crippen molar-refractivity contribution in [1.29, 1.82) is 0 Å². The summed E-state index contributed by atoms with van der Waals surface area (Å²) in [6, 6.07) is 17.7. The van der Waals surface area contributed by atoms with Crippen molar-refractivity contribution in [3.63, 3.8) is 0 Å². The number of carbonyl (C=O) groups excluding carboxylic acids is 1. The number of aryl methyl sites for hydroxylation is 1. The summed E-state index contributed by atoms with van der Waals surface area (Å²) in [6.07, 6.45) is 0. The molecule has 3 rings (SSSR count). The molecule has 1 saturated heterocycles. The third kappa shape index (κ3) is 5.58. The van der Waals surface area contributed by atoms with Crippen molar-refractivity contribution in [2.45, 2.75) is 6.92 Å². The van der Waals surface area contributed by atoms with Crippen LogP contribution in [0.5, 0.6) is 5.75 Å². The first-order valence-corrected chi connectivity index (χ1v) is 9.19. The maximum atomic E-state index is 12.1. The molecule has 0 radical (unpaired) electrons. The molecule has 5 nitrogen and oxygen atoms in total. The van der Waals surface area contributed by atoms with Crippen molar-refractivity contribution in [3.05, 3.63) is 60.2 Å². The number of amides is 1. The van der Waals surface area contributed by atoms with Crippen LogP contribution < -0.4 is 10.1 Å². The molecule has 1 fully saturated rings. The molecular weight excluding hydrogens is 326 g/mol. The summed E-state index contributed by atoms with van der Waals surface area (Å²) in [5.41, 5.74) is 2.02. The van der Waals surface area contributed by atoms with Crippen LogP contribution in [0.25, 0.3) is 0 Å². The average Bonchev–Trinajstić information content (AvgIpc) is 2.65. The Labute approximate surface area is 155 Å². The summed E-state index contributed by atoms with van der Waals surface area (Å²) in [5.74, 6) is 1.01. The topological polar surface area (TPSA) is 44.8 Å². The first kappa shape index (κ1) is 18.4. The lowest BCUT2D eigenvalue weighted by Gasteiger charge is -2.34. The predicted molar refractivity (Wildman–Crippen MR) is 105 cm³/mol. The smallest absolute Gasteiger partial charge is 0.238 e. The Kier molecular flexibility index (Phi) is 6.63. The molecule has 2 aromatic rings. The van der Waals surface area contributed by atoms with Crippen LogP contribution in [0.4, 0.5) is 5.69 Å². The maximum absolute atomic E-state index is 12.1. The van der Waals surface area contributed by atoms with Crippen molar-refractivity contribution in [2.75, 3.05) is 51.2 Å². The average molecular weight is 353 g/mol. The number of carbonyl (C=O) groups is 1. The van der Waals surface area contributed by atoms with Crippen molar-refractivity contribution in [2.24, 2.45) is 0 Å². The summed E-state index contributed by atoms with van der Waals surface area (Å²) >= 11 is 0. The second kappa shape index (κ2) is 9.36. The van der Waals surface area contributed by atoms with E-state index in [2.05, 4.69) is 28.1 Å². The van der Waals surface area contributed by atoms with Crippen LogP contribution in [0.2, 0.25) is 0 Å². The van der Waals surface area contributed by atoms with Crippen molar-refractivity contribution in [3.8, 4) is 5.75 Å². The molecule has 1 N–H and O–H groups in total. The molecule has 1 heterocycles. The number of nitrogens with one attached hydrogen (secondary N) is 1. The van der Waals surface area contributed by atoms with Crippen molar-refractivity contribution >= 4 is 11.6 Å². The Hall–Kier alpha value is -2.37.